The third kappa shape index (κ3) is 5.73. The van der Waals surface area contributed by atoms with Crippen LogP contribution in [0.1, 0.15) is 18.1 Å². The van der Waals surface area contributed by atoms with Crippen molar-refractivity contribution in [3.05, 3.63) is 41.0 Å². The van der Waals surface area contributed by atoms with E-state index in [1.54, 1.807) is 7.05 Å². The average Bonchev–Trinajstić information content (AvgIpc) is 3.23. The van der Waals surface area contributed by atoms with E-state index in [4.69, 9.17) is 16.1 Å². The Balaban J connectivity index is 0.00000243. The van der Waals surface area contributed by atoms with Gasteiger partial charge in [0.15, 0.2) is 11.8 Å². The van der Waals surface area contributed by atoms with Crippen LogP contribution in [0.3, 0.4) is 0 Å². The molecule has 0 saturated carbocycles. The predicted octanol–water partition coefficient (Wildman–Crippen LogP) is 2.64. The highest BCUT2D eigenvalue weighted by Gasteiger charge is 2.23. The minimum Gasteiger partial charge on any atom is -0.369 e. The Kier molecular flexibility index (Phi) is 7.95. The lowest BCUT2D eigenvalue weighted by molar-refractivity contribution is 0.374. The normalized spacial score (nSPS) is 17.1. The van der Waals surface area contributed by atoms with Crippen molar-refractivity contribution in [2.75, 3.05) is 31.6 Å². The zero-order valence-corrected chi connectivity index (χ0v) is 18.0. The smallest absolute Gasteiger partial charge is 0.228 e. The number of benzene rings is 1. The molecule has 0 bridgehead atoms. The van der Waals surface area contributed by atoms with Gasteiger partial charge in [-0.3, -0.25) is 4.99 Å². The maximum atomic E-state index is 6.09. The standard InChI is InChI=1S/C17H23ClN6O.HI/c1-12-21-16(25-23-12)6-8-20-17(19-2)22-14-7-9-24(11-14)15-5-3-4-13(18)10-15;/h3-5,10,14H,6-9,11H2,1-2H3,(H2,19,20,22);1H. The maximum absolute atomic E-state index is 6.09. The molecule has 142 valence electrons. The van der Waals surface area contributed by atoms with Crippen molar-refractivity contribution >= 4 is 47.2 Å². The fraction of sp³-hybridized carbons (Fsp3) is 0.471. The topological polar surface area (TPSA) is 78.6 Å². The quantitative estimate of drug-likeness (QED) is 0.381. The highest BCUT2D eigenvalue weighted by atomic mass is 127. The number of rotatable bonds is 5. The van der Waals surface area contributed by atoms with Gasteiger partial charge in [-0.05, 0) is 31.5 Å². The van der Waals surface area contributed by atoms with Crippen LogP contribution < -0.4 is 15.5 Å². The van der Waals surface area contributed by atoms with E-state index in [1.807, 2.05) is 25.1 Å². The lowest BCUT2D eigenvalue weighted by atomic mass is 10.2. The van der Waals surface area contributed by atoms with Crippen LogP contribution in [0.2, 0.25) is 5.02 Å². The summed E-state index contributed by atoms with van der Waals surface area (Å²) in [5.74, 6) is 2.08. The van der Waals surface area contributed by atoms with Gasteiger partial charge >= 0.3 is 0 Å². The number of nitrogens with one attached hydrogen (secondary N) is 2. The fourth-order valence-corrected chi connectivity index (χ4v) is 3.09. The summed E-state index contributed by atoms with van der Waals surface area (Å²) in [7, 11) is 1.77. The van der Waals surface area contributed by atoms with Crippen LogP contribution in [0, 0.1) is 6.92 Å². The highest BCUT2D eigenvalue weighted by molar-refractivity contribution is 14.0. The second-order valence-electron chi connectivity index (χ2n) is 6.04. The van der Waals surface area contributed by atoms with Crippen molar-refractivity contribution in [2.24, 2.45) is 4.99 Å². The Labute approximate surface area is 175 Å². The first-order valence-electron chi connectivity index (χ1n) is 8.41. The number of anilines is 1. The van der Waals surface area contributed by atoms with Crippen LogP contribution in [0.15, 0.2) is 33.8 Å². The third-order valence-electron chi connectivity index (χ3n) is 4.13. The minimum absolute atomic E-state index is 0. The summed E-state index contributed by atoms with van der Waals surface area (Å²) in [6, 6.07) is 8.32. The molecule has 1 aliphatic heterocycles. The number of halogens is 2. The monoisotopic (exact) mass is 490 g/mol. The molecule has 0 spiro atoms. The van der Waals surface area contributed by atoms with Gasteiger partial charge < -0.3 is 20.1 Å². The van der Waals surface area contributed by atoms with Crippen molar-refractivity contribution in [3.8, 4) is 0 Å². The van der Waals surface area contributed by atoms with Crippen molar-refractivity contribution < 1.29 is 4.52 Å². The van der Waals surface area contributed by atoms with Crippen LogP contribution in [0.4, 0.5) is 5.69 Å². The maximum Gasteiger partial charge on any atom is 0.228 e. The molecule has 7 nitrogen and oxygen atoms in total. The number of nitrogens with zero attached hydrogens (tertiary/aromatic N) is 4. The van der Waals surface area contributed by atoms with Gasteiger partial charge in [0.25, 0.3) is 0 Å². The zero-order chi connectivity index (χ0) is 17.6. The van der Waals surface area contributed by atoms with Gasteiger partial charge in [-0.2, -0.15) is 4.98 Å². The Hall–Kier alpha value is -1.55. The molecule has 9 heteroatoms. The van der Waals surface area contributed by atoms with E-state index in [0.717, 1.165) is 36.2 Å². The van der Waals surface area contributed by atoms with Crippen molar-refractivity contribution in [1.82, 2.24) is 20.8 Å². The second kappa shape index (κ2) is 9.96. The molecule has 2 aromatic rings. The number of hydrogen-bond acceptors (Lipinski definition) is 5. The Morgan fingerprint density at radius 1 is 1.46 bits per heavy atom. The van der Waals surface area contributed by atoms with Crippen LogP contribution in [-0.4, -0.2) is 48.8 Å². The summed E-state index contributed by atoms with van der Waals surface area (Å²) in [6.07, 6.45) is 1.72. The lowest BCUT2D eigenvalue weighted by Crippen LogP contribution is -2.45. The molecule has 0 amide bonds. The Morgan fingerprint density at radius 3 is 3.00 bits per heavy atom. The molecular formula is C17H24ClIN6O. The van der Waals surface area contributed by atoms with E-state index in [9.17, 15) is 0 Å². The number of aromatic nitrogens is 2. The molecule has 1 unspecified atom stereocenters. The summed E-state index contributed by atoms with van der Waals surface area (Å²) in [4.78, 5) is 10.8. The number of guanidine groups is 1. The first kappa shape index (κ1) is 20.8. The van der Waals surface area contributed by atoms with E-state index in [0.29, 0.717) is 30.7 Å². The molecule has 0 radical (unpaired) electrons. The van der Waals surface area contributed by atoms with Gasteiger partial charge in [0.2, 0.25) is 5.89 Å². The summed E-state index contributed by atoms with van der Waals surface area (Å²) < 4.78 is 5.11. The second-order valence-corrected chi connectivity index (χ2v) is 6.48. The molecule has 2 heterocycles. The van der Waals surface area contributed by atoms with Gasteiger partial charge in [0.1, 0.15) is 0 Å². The van der Waals surface area contributed by atoms with E-state index >= 15 is 0 Å². The molecular weight excluding hydrogens is 467 g/mol. The Bertz CT molecular complexity index is 738. The average molecular weight is 491 g/mol. The van der Waals surface area contributed by atoms with Crippen molar-refractivity contribution in [3.63, 3.8) is 0 Å². The van der Waals surface area contributed by atoms with Gasteiger partial charge in [-0.25, -0.2) is 0 Å². The minimum atomic E-state index is 0. The van der Waals surface area contributed by atoms with E-state index in [2.05, 4.69) is 36.7 Å². The molecule has 1 aromatic heterocycles. The first-order valence-corrected chi connectivity index (χ1v) is 8.78. The van der Waals surface area contributed by atoms with Crippen LogP contribution in [0.5, 0.6) is 0 Å². The Morgan fingerprint density at radius 2 is 2.31 bits per heavy atom. The summed E-state index contributed by atoms with van der Waals surface area (Å²) in [6.45, 7) is 4.42. The molecule has 1 aliphatic rings. The van der Waals surface area contributed by atoms with Gasteiger partial charge in [0, 0.05) is 49.9 Å². The molecule has 1 atom stereocenters. The molecule has 1 saturated heterocycles. The number of hydrogen-bond donors (Lipinski definition) is 2. The molecule has 1 fully saturated rings. The van der Waals surface area contributed by atoms with E-state index < -0.39 is 0 Å². The predicted molar refractivity (Wildman–Crippen MR) is 115 cm³/mol. The van der Waals surface area contributed by atoms with Gasteiger partial charge in [-0.15, -0.1) is 24.0 Å². The first-order chi connectivity index (χ1) is 12.1. The SMILES string of the molecule is CN=C(NCCc1nc(C)no1)NC1CCN(c2cccc(Cl)c2)C1.I. The number of aliphatic imine (C=N–C) groups is 1. The zero-order valence-electron chi connectivity index (χ0n) is 14.9. The van der Waals surface area contributed by atoms with Crippen LogP contribution in [-0.2, 0) is 6.42 Å². The van der Waals surface area contributed by atoms with Crippen LogP contribution >= 0.6 is 35.6 Å². The summed E-state index contributed by atoms with van der Waals surface area (Å²) >= 11 is 6.09. The van der Waals surface area contributed by atoms with Crippen molar-refractivity contribution in [2.45, 2.75) is 25.8 Å². The molecule has 3 rings (SSSR count). The van der Waals surface area contributed by atoms with Gasteiger partial charge in [-0.1, -0.05) is 22.8 Å². The molecule has 2 N–H and O–H groups in total. The fourth-order valence-electron chi connectivity index (χ4n) is 2.90. The summed E-state index contributed by atoms with van der Waals surface area (Å²) in [5.41, 5.74) is 1.16. The van der Waals surface area contributed by atoms with Crippen LogP contribution in [0.25, 0.3) is 0 Å². The number of aryl methyl sites for hydroxylation is 1. The summed E-state index contributed by atoms with van der Waals surface area (Å²) in [5, 5.41) is 11.3. The largest absolute Gasteiger partial charge is 0.369 e. The molecule has 1 aromatic carbocycles. The van der Waals surface area contributed by atoms with E-state index in [-0.39, 0.29) is 24.0 Å². The van der Waals surface area contributed by atoms with E-state index in [1.165, 1.54) is 0 Å². The molecule has 26 heavy (non-hydrogen) atoms. The van der Waals surface area contributed by atoms with Crippen molar-refractivity contribution in [1.29, 1.82) is 0 Å². The van der Waals surface area contributed by atoms with Gasteiger partial charge in [0.05, 0.1) is 0 Å². The third-order valence-corrected chi connectivity index (χ3v) is 4.36. The highest BCUT2D eigenvalue weighted by Crippen LogP contribution is 2.23. The molecule has 0 aliphatic carbocycles. The lowest BCUT2D eigenvalue weighted by Gasteiger charge is -2.20.